The van der Waals surface area contributed by atoms with Gasteiger partial charge in [0, 0.05) is 12.0 Å². The van der Waals surface area contributed by atoms with Crippen LogP contribution in [0, 0.1) is 0 Å². The van der Waals surface area contributed by atoms with E-state index in [2.05, 4.69) is 43.5 Å². The average Bonchev–Trinajstić information content (AvgIpc) is 3.23. The summed E-state index contributed by atoms with van der Waals surface area (Å²) in [4.78, 5) is 4.86. The molecular weight excluding hydrogens is 441 g/mol. The highest BCUT2D eigenvalue weighted by Crippen LogP contribution is 2.34. The van der Waals surface area contributed by atoms with Crippen molar-refractivity contribution in [2.24, 2.45) is 4.99 Å². The molecule has 2 aliphatic heterocycles. The van der Waals surface area contributed by atoms with Crippen molar-refractivity contribution < 1.29 is 9.47 Å². The van der Waals surface area contributed by atoms with Gasteiger partial charge in [-0.1, -0.05) is 26.0 Å². The smallest absolute Gasteiger partial charge is 0.191 e. The molecule has 3 rings (SSSR count). The van der Waals surface area contributed by atoms with E-state index in [4.69, 9.17) is 14.5 Å². The highest BCUT2D eigenvalue weighted by Gasteiger charge is 2.41. The molecule has 2 saturated heterocycles. The maximum Gasteiger partial charge on any atom is 0.191 e. The molecular formula is C20H32IN3O2. The normalized spacial score (nSPS) is 24.9. The maximum absolute atomic E-state index is 5.94. The van der Waals surface area contributed by atoms with Crippen molar-refractivity contribution in [1.82, 2.24) is 10.6 Å². The third kappa shape index (κ3) is 5.03. The monoisotopic (exact) mass is 473 g/mol. The van der Waals surface area contributed by atoms with Gasteiger partial charge in [-0.25, -0.2) is 0 Å². The van der Waals surface area contributed by atoms with Gasteiger partial charge in [-0.15, -0.1) is 24.0 Å². The molecule has 0 aliphatic carbocycles. The molecule has 1 aromatic rings. The summed E-state index contributed by atoms with van der Waals surface area (Å²) in [6.45, 7) is 8.09. The Morgan fingerprint density at radius 3 is 2.77 bits per heavy atom. The number of methoxy groups -OCH3 is 1. The molecule has 1 aromatic carbocycles. The van der Waals surface area contributed by atoms with Gasteiger partial charge in [0.05, 0.1) is 31.9 Å². The Balaban J connectivity index is 0.00000243. The van der Waals surface area contributed by atoms with Gasteiger partial charge in [-0.3, -0.25) is 4.99 Å². The van der Waals surface area contributed by atoms with Crippen LogP contribution in [0.1, 0.15) is 45.6 Å². The number of nitrogens with zero attached hydrogens (tertiary/aromatic N) is 1. The molecule has 5 nitrogen and oxygen atoms in total. The van der Waals surface area contributed by atoms with Crippen molar-refractivity contribution in [1.29, 1.82) is 0 Å². The first kappa shape index (κ1) is 21.3. The molecule has 2 aliphatic rings. The molecule has 0 spiro atoms. The summed E-state index contributed by atoms with van der Waals surface area (Å²) in [5.41, 5.74) is 1.16. The predicted molar refractivity (Wildman–Crippen MR) is 117 cm³/mol. The maximum atomic E-state index is 5.94. The molecule has 0 radical (unpaired) electrons. The van der Waals surface area contributed by atoms with E-state index < -0.39 is 0 Å². The van der Waals surface area contributed by atoms with E-state index in [0.717, 1.165) is 31.1 Å². The van der Waals surface area contributed by atoms with E-state index in [1.807, 2.05) is 12.1 Å². The number of benzene rings is 1. The Bertz CT molecular complexity index is 621. The van der Waals surface area contributed by atoms with Gasteiger partial charge in [0.1, 0.15) is 5.75 Å². The number of halogens is 1. The molecule has 3 atom stereocenters. The van der Waals surface area contributed by atoms with Crippen molar-refractivity contribution in [3.8, 4) is 5.75 Å². The molecule has 146 valence electrons. The number of hydrogen-bond acceptors (Lipinski definition) is 3. The molecule has 3 unspecified atom stereocenters. The lowest BCUT2D eigenvalue weighted by Crippen LogP contribution is -2.47. The zero-order chi connectivity index (χ0) is 17.9. The Morgan fingerprint density at radius 1 is 1.35 bits per heavy atom. The summed E-state index contributed by atoms with van der Waals surface area (Å²) < 4.78 is 11.3. The second kappa shape index (κ2) is 9.26. The van der Waals surface area contributed by atoms with Gasteiger partial charge in [-0.05, 0) is 43.9 Å². The van der Waals surface area contributed by atoms with Crippen LogP contribution in [0.5, 0.6) is 5.75 Å². The molecule has 2 heterocycles. The Morgan fingerprint density at radius 2 is 2.15 bits per heavy atom. The summed E-state index contributed by atoms with van der Waals surface area (Å²) in [7, 11) is 1.70. The standard InChI is InChI=1S/C20H31N3O2.HI/c1-5-21-19(23-17-12-16-9-10-18(17)25-16)22-13-20(2,3)14-7-6-8-15(11-14)24-4;/h6-8,11,16-18H,5,9-10,12-13H2,1-4H3,(H2,21,22,23);1H. The molecule has 0 saturated carbocycles. The lowest BCUT2D eigenvalue weighted by Gasteiger charge is -2.26. The van der Waals surface area contributed by atoms with Gasteiger partial charge in [-0.2, -0.15) is 0 Å². The molecule has 2 N–H and O–H groups in total. The van der Waals surface area contributed by atoms with Gasteiger partial charge < -0.3 is 20.1 Å². The Hall–Kier alpha value is -1.02. The first-order chi connectivity index (χ1) is 12.0. The van der Waals surface area contributed by atoms with Crippen LogP contribution in [0.15, 0.2) is 29.3 Å². The third-order valence-electron chi connectivity index (χ3n) is 5.26. The fourth-order valence-electron chi connectivity index (χ4n) is 3.70. The van der Waals surface area contributed by atoms with E-state index in [9.17, 15) is 0 Å². The third-order valence-corrected chi connectivity index (χ3v) is 5.26. The topological polar surface area (TPSA) is 54.9 Å². The predicted octanol–water partition coefficient (Wildman–Crippen LogP) is 3.47. The Labute approximate surface area is 174 Å². The minimum absolute atomic E-state index is 0. The van der Waals surface area contributed by atoms with Crippen molar-refractivity contribution in [3.05, 3.63) is 29.8 Å². The zero-order valence-corrected chi connectivity index (χ0v) is 18.6. The summed E-state index contributed by atoms with van der Waals surface area (Å²) in [6.07, 6.45) is 4.25. The number of fused-ring (bicyclic) bond motifs is 2. The van der Waals surface area contributed by atoms with Crippen molar-refractivity contribution in [2.45, 2.75) is 63.7 Å². The number of ether oxygens (including phenoxy) is 2. The SMILES string of the molecule is CCNC(=NCC(C)(C)c1cccc(OC)c1)NC1CC2CCC1O2.I. The quantitative estimate of drug-likeness (QED) is 0.378. The molecule has 0 amide bonds. The van der Waals surface area contributed by atoms with E-state index >= 15 is 0 Å². The zero-order valence-electron chi connectivity index (χ0n) is 16.2. The highest BCUT2D eigenvalue weighted by atomic mass is 127. The van der Waals surface area contributed by atoms with Crippen molar-refractivity contribution >= 4 is 29.9 Å². The fourth-order valence-corrected chi connectivity index (χ4v) is 3.70. The molecule has 2 bridgehead atoms. The summed E-state index contributed by atoms with van der Waals surface area (Å²) in [5, 5.41) is 6.96. The molecule has 0 aromatic heterocycles. The largest absolute Gasteiger partial charge is 0.497 e. The van der Waals surface area contributed by atoms with E-state index in [0.29, 0.717) is 24.8 Å². The van der Waals surface area contributed by atoms with Crippen LogP contribution in [0.2, 0.25) is 0 Å². The van der Waals surface area contributed by atoms with Gasteiger partial charge in [0.25, 0.3) is 0 Å². The molecule has 2 fully saturated rings. The number of nitrogens with one attached hydrogen (secondary N) is 2. The van der Waals surface area contributed by atoms with Crippen LogP contribution in [0.25, 0.3) is 0 Å². The van der Waals surface area contributed by atoms with Crippen LogP contribution < -0.4 is 15.4 Å². The van der Waals surface area contributed by atoms with Crippen LogP contribution in [0.4, 0.5) is 0 Å². The minimum Gasteiger partial charge on any atom is -0.497 e. The minimum atomic E-state index is -0.0674. The Kier molecular flexibility index (Phi) is 7.58. The van der Waals surface area contributed by atoms with Gasteiger partial charge in [0.15, 0.2) is 5.96 Å². The van der Waals surface area contributed by atoms with E-state index in [-0.39, 0.29) is 29.4 Å². The van der Waals surface area contributed by atoms with E-state index in [1.165, 1.54) is 12.0 Å². The first-order valence-corrected chi connectivity index (χ1v) is 9.36. The summed E-state index contributed by atoms with van der Waals surface area (Å²) in [6, 6.07) is 8.64. The molecule has 26 heavy (non-hydrogen) atoms. The van der Waals surface area contributed by atoms with Crippen LogP contribution in [-0.2, 0) is 10.2 Å². The van der Waals surface area contributed by atoms with Gasteiger partial charge >= 0.3 is 0 Å². The summed E-state index contributed by atoms with van der Waals surface area (Å²) in [5.74, 6) is 1.78. The number of aliphatic imine (C=N–C) groups is 1. The lowest BCUT2D eigenvalue weighted by atomic mass is 9.84. The highest BCUT2D eigenvalue weighted by molar-refractivity contribution is 14.0. The second-order valence-corrected chi connectivity index (χ2v) is 7.67. The molecule has 6 heteroatoms. The summed E-state index contributed by atoms with van der Waals surface area (Å²) >= 11 is 0. The van der Waals surface area contributed by atoms with E-state index in [1.54, 1.807) is 7.11 Å². The lowest BCUT2D eigenvalue weighted by molar-refractivity contribution is 0.0992. The fraction of sp³-hybridized carbons (Fsp3) is 0.650. The van der Waals surface area contributed by atoms with Gasteiger partial charge in [0.2, 0.25) is 0 Å². The average molecular weight is 473 g/mol. The second-order valence-electron chi connectivity index (χ2n) is 7.67. The first-order valence-electron chi connectivity index (χ1n) is 9.36. The number of rotatable bonds is 6. The van der Waals surface area contributed by atoms with Crippen LogP contribution in [0.3, 0.4) is 0 Å². The number of guanidine groups is 1. The van der Waals surface area contributed by atoms with Crippen LogP contribution in [-0.4, -0.2) is 44.4 Å². The van der Waals surface area contributed by atoms with Crippen molar-refractivity contribution in [3.63, 3.8) is 0 Å². The number of hydrogen-bond donors (Lipinski definition) is 2. The van der Waals surface area contributed by atoms with Crippen LogP contribution >= 0.6 is 24.0 Å². The van der Waals surface area contributed by atoms with Crippen molar-refractivity contribution in [2.75, 3.05) is 20.2 Å².